The van der Waals surface area contributed by atoms with Crippen LogP contribution in [0.4, 0.5) is 5.69 Å². The Morgan fingerprint density at radius 2 is 2.14 bits per heavy atom. The number of rotatable bonds is 2. The van der Waals surface area contributed by atoms with E-state index < -0.39 is 0 Å². The molecule has 0 unspecified atom stereocenters. The minimum absolute atomic E-state index is 0.147. The van der Waals surface area contributed by atoms with Crippen molar-refractivity contribution in [3.05, 3.63) is 47.8 Å². The predicted octanol–water partition coefficient (Wildman–Crippen LogP) is 2.53. The summed E-state index contributed by atoms with van der Waals surface area (Å²) >= 11 is 0. The number of aromatic nitrogens is 3. The van der Waals surface area contributed by atoms with Crippen molar-refractivity contribution in [3.63, 3.8) is 0 Å². The van der Waals surface area contributed by atoms with Gasteiger partial charge in [-0.15, -0.1) is 0 Å². The van der Waals surface area contributed by atoms with Crippen LogP contribution in [0.15, 0.2) is 36.7 Å². The highest BCUT2D eigenvalue weighted by Crippen LogP contribution is 2.27. The number of hydrogen-bond donors (Lipinski definition) is 1. The zero-order valence-corrected chi connectivity index (χ0v) is 12.2. The second kappa shape index (κ2) is 5.30. The van der Waals surface area contributed by atoms with Crippen molar-refractivity contribution >= 4 is 17.2 Å². The first-order chi connectivity index (χ1) is 10.6. The van der Waals surface area contributed by atoms with Crippen LogP contribution in [0.25, 0.3) is 16.9 Å². The van der Waals surface area contributed by atoms with Gasteiger partial charge in [0.25, 0.3) is 0 Å². The summed E-state index contributed by atoms with van der Waals surface area (Å²) in [6.07, 6.45) is 1.47. The second-order valence-corrected chi connectivity index (χ2v) is 4.98. The number of nitrogens with zero attached hydrogens (tertiary/aromatic N) is 4. The Labute approximate surface area is 127 Å². The van der Waals surface area contributed by atoms with E-state index in [4.69, 9.17) is 5.26 Å². The number of carbonyl (C=O) groups is 1. The molecule has 0 aliphatic carbocycles. The van der Waals surface area contributed by atoms with Gasteiger partial charge in [-0.3, -0.25) is 4.79 Å². The van der Waals surface area contributed by atoms with Gasteiger partial charge >= 0.3 is 0 Å². The number of carbonyl (C=O) groups excluding carboxylic acids is 1. The lowest BCUT2D eigenvalue weighted by Gasteiger charge is -2.11. The van der Waals surface area contributed by atoms with Crippen molar-refractivity contribution in [3.8, 4) is 17.3 Å². The number of benzene rings is 1. The molecule has 0 atom stereocenters. The van der Waals surface area contributed by atoms with Crippen molar-refractivity contribution in [2.24, 2.45) is 0 Å². The number of aryl methyl sites for hydroxylation is 1. The molecule has 1 aromatic carbocycles. The van der Waals surface area contributed by atoms with Crippen LogP contribution < -0.4 is 5.32 Å². The highest BCUT2D eigenvalue weighted by Gasteiger charge is 2.11. The Hall–Kier alpha value is -3.20. The fourth-order valence-corrected chi connectivity index (χ4v) is 2.41. The van der Waals surface area contributed by atoms with Gasteiger partial charge in [-0.1, -0.05) is 6.07 Å². The fourth-order valence-electron chi connectivity index (χ4n) is 2.41. The van der Waals surface area contributed by atoms with Crippen LogP contribution in [-0.2, 0) is 4.79 Å². The van der Waals surface area contributed by atoms with Crippen LogP contribution in [0.5, 0.6) is 0 Å². The molecule has 0 aliphatic heterocycles. The maximum atomic E-state index is 11.3. The summed E-state index contributed by atoms with van der Waals surface area (Å²) in [6, 6.07) is 11.2. The maximum absolute atomic E-state index is 11.3. The molecule has 1 N–H and O–H groups in total. The molecule has 6 heteroatoms. The average Bonchev–Trinajstić information content (AvgIpc) is 2.94. The Balaban J connectivity index is 2.23. The number of nitriles is 1. The van der Waals surface area contributed by atoms with Crippen LogP contribution in [0.2, 0.25) is 0 Å². The van der Waals surface area contributed by atoms with Gasteiger partial charge in [0.15, 0.2) is 5.65 Å². The quantitative estimate of drug-likeness (QED) is 0.786. The molecule has 0 bridgehead atoms. The van der Waals surface area contributed by atoms with Crippen LogP contribution in [0.3, 0.4) is 0 Å². The monoisotopic (exact) mass is 291 g/mol. The summed E-state index contributed by atoms with van der Waals surface area (Å²) in [5.41, 5.74) is 4.60. The first-order valence-corrected chi connectivity index (χ1v) is 6.71. The van der Waals surface area contributed by atoms with Gasteiger partial charge in [-0.05, 0) is 30.7 Å². The zero-order chi connectivity index (χ0) is 15.7. The summed E-state index contributed by atoms with van der Waals surface area (Å²) < 4.78 is 1.71. The zero-order valence-electron chi connectivity index (χ0n) is 12.2. The molecule has 2 aromatic heterocycles. The van der Waals surface area contributed by atoms with Gasteiger partial charge < -0.3 is 5.32 Å². The first-order valence-electron chi connectivity index (χ1n) is 6.71. The summed E-state index contributed by atoms with van der Waals surface area (Å²) in [5.74, 6) is -0.147. The summed E-state index contributed by atoms with van der Waals surface area (Å²) in [5, 5.41) is 16.0. The van der Waals surface area contributed by atoms with E-state index in [1.807, 2.05) is 25.1 Å². The number of fused-ring (bicyclic) bond motifs is 1. The van der Waals surface area contributed by atoms with Gasteiger partial charge in [0.2, 0.25) is 5.91 Å². The highest BCUT2D eigenvalue weighted by molar-refractivity contribution is 5.90. The molecule has 1 amide bonds. The lowest BCUT2D eigenvalue weighted by atomic mass is 10.0. The molecule has 0 saturated carbocycles. The van der Waals surface area contributed by atoms with Crippen molar-refractivity contribution in [2.45, 2.75) is 13.8 Å². The number of nitrogens with one attached hydrogen (secondary N) is 1. The molecule has 0 radical (unpaired) electrons. The maximum Gasteiger partial charge on any atom is 0.221 e. The van der Waals surface area contributed by atoms with E-state index in [-0.39, 0.29) is 5.91 Å². The molecule has 2 heterocycles. The third-order valence-corrected chi connectivity index (χ3v) is 3.33. The molecular formula is C16H13N5O. The van der Waals surface area contributed by atoms with E-state index in [2.05, 4.69) is 21.5 Å². The van der Waals surface area contributed by atoms with Crippen LogP contribution in [-0.4, -0.2) is 20.5 Å². The fraction of sp³-hybridized carbons (Fsp3) is 0.125. The minimum Gasteiger partial charge on any atom is -0.326 e. The van der Waals surface area contributed by atoms with Crippen molar-refractivity contribution in [1.29, 1.82) is 5.26 Å². The van der Waals surface area contributed by atoms with E-state index in [1.54, 1.807) is 16.6 Å². The molecule has 0 fully saturated rings. The molecule has 108 valence electrons. The molecular weight excluding hydrogens is 278 g/mol. The predicted molar refractivity (Wildman–Crippen MR) is 82.2 cm³/mol. The number of hydrogen-bond acceptors (Lipinski definition) is 4. The largest absolute Gasteiger partial charge is 0.326 e. The molecule has 0 saturated heterocycles. The summed E-state index contributed by atoms with van der Waals surface area (Å²) in [6.45, 7) is 3.39. The molecule has 0 spiro atoms. The van der Waals surface area contributed by atoms with Gasteiger partial charge in [0.1, 0.15) is 6.33 Å². The molecule has 0 aliphatic rings. The van der Waals surface area contributed by atoms with Crippen LogP contribution in [0.1, 0.15) is 18.1 Å². The Bertz CT molecular complexity index is 920. The van der Waals surface area contributed by atoms with Crippen LogP contribution >= 0.6 is 0 Å². The van der Waals surface area contributed by atoms with Crippen LogP contribution in [0, 0.1) is 18.3 Å². The van der Waals surface area contributed by atoms with E-state index >= 15 is 0 Å². The SMILES string of the molecule is CC(=O)Nc1cc(-c2ccc(C#N)cc2C)n2ncnc2c1. The standard InChI is InChI=1S/C16H13N5O/c1-10-5-12(8-17)3-4-14(10)15-6-13(20-11(2)22)7-16-18-9-19-21(15)16/h3-7,9H,1-2H3,(H,20,22). The Kier molecular flexibility index (Phi) is 3.31. The third-order valence-electron chi connectivity index (χ3n) is 3.33. The van der Waals surface area contributed by atoms with E-state index in [1.165, 1.54) is 13.3 Å². The summed E-state index contributed by atoms with van der Waals surface area (Å²) in [4.78, 5) is 15.5. The van der Waals surface area contributed by atoms with Crippen molar-refractivity contribution in [2.75, 3.05) is 5.32 Å². The molecule has 6 nitrogen and oxygen atoms in total. The Morgan fingerprint density at radius 3 is 2.82 bits per heavy atom. The van der Waals surface area contributed by atoms with E-state index in [0.717, 1.165) is 16.8 Å². The van der Waals surface area contributed by atoms with Gasteiger partial charge in [0, 0.05) is 24.2 Å². The number of anilines is 1. The molecule has 22 heavy (non-hydrogen) atoms. The van der Waals surface area contributed by atoms with Gasteiger partial charge in [0.05, 0.1) is 17.3 Å². The van der Waals surface area contributed by atoms with Crippen molar-refractivity contribution in [1.82, 2.24) is 14.6 Å². The van der Waals surface area contributed by atoms with Gasteiger partial charge in [-0.25, -0.2) is 9.50 Å². The normalized spacial score (nSPS) is 10.4. The highest BCUT2D eigenvalue weighted by atomic mass is 16.1. The third kappa shape index (κ3) is 2.40. The number of pyridine rings is 1. The second-order valence-electron chi connectivity index (χ2n) is 4.98. The Morgan fingerprint density at radius 1 is 1.32 bits per heavy atom. The van der Waals surface area contributed by atoms with Gasteiger partial charge in [-0.2, -0.15) is 10.4 Å². The lowest BCUT2D eigenvalue weighted by molar-refractivity contribution is -0.114. The summed E-state index contributed by atoms with van der Waals surface area (Å²) in [7, 11) is 0. The minimum atomic E-state index is -0.147. The van der Waals surface area contributed by atoms with E-state index in [9.17, 15) is 4.79 Å². The van der Waals surface area contributed by atoms with Crippen molar-refractivity contribution < 1.29 is 4.79 Å². The lowest BCUT2D eigenvalue weighted by Crippen LogP contribution is -2.07. The average molecular weight is 291 g/mol. The first kappa shape index (κ1) is 13.8. The smallest absolute Gasteiger partial charge is 0.221 e. The molecule has 3 aromatic rings. The topological polar surface area (TPSA) is 83.1 Å². The van der Waals surface area contributed by atoms with E-state index in [0.29, 0.717) is 16.9 Å². The number of amides is 1. The molecule has 3 rings (SSSR count).